The molecule has 2 rings (SSSR count). The molecule has 1 aromatic carbocycles. The largest absolute Gasteiger partial charge is 0.373 e. The summed E-state index contributed by atoms with van der Waals surface area (Å²) in [6, 6.07) is 8.08. The first-order valence-corrected chi connectivity index (χ1v) is 6.20. The molecule has 0 radical (unpaired) electrons. The van der Waals surface area contributed by atoms with E-state index in [0.717, 1.165) is 32.9 Å². The lowest BCUT2D eigenvalue weighted by atomic mass is 10.1. The molecular weight excluding hydrogens is 278 g/mol. The molecule has 0 aliphatic carbocycles. The van der Waals surface area contributed by atoms with Crippen molar-refractivity contribution in [3.63, 3.8) is 0 Å². The average Bonchev–Trinajstić information content (AvgIpc) is 2.32. The smallest absolute Gasteiger partial charge is 0.132 e. The first-order valence-electron chi connectivity index (χ1n) is 5.41. The van der Waals surface area contributed by atoms with Gasteiger partial charge < -0.3 is 5.32 Å². The molecule has 0 unspecified atom stereocenters. The predicted octanol–water partition coefficient (Wildman–Crippen LogP) is 3.56. The van der Waals surface area contributed by atoms with E-state index in [4.69, 9.17) is 0 Å². The summed E-state index contributed by atoms with van der Waals surface area (Å²) in [6.45, 7) is 3.93. The molecule has 4 heteroatoms. The normalized spacial score (nSPS) is 10.4. The van der Waals surface area contributed by atoms with Crippen LogP contribution in [0, 0.1) is 13.8 Å². The van der Waals surface area contributed by atoms with Gasteiger partial charge in [0.05, 0.1) is 5.69 Å². The first kappa shape index (κ1) is 12.0. The molecule has 0 spiro atoms. The summed E-state index contributed by atoms with van der Waals surface area (Å²) in [6.07, 6.45) is 0. The quantitative estimate of drug-likeness (QED) is 0.919. The summed E-state index contributed by atoms with van der Waals surface area (Å²) >= 11 is 3.56. The Bertz CT molecular complexity index is 552. The van der Waals surface area contributed by atoms with Crippen molar-refractivity contribution >= 4 is 21.7 Å². The second kappa shape index (κ2) is 4.84. The van der Waals surface area contributed by atoms with Gasteiger partial charge in [-0.25, -0.2) is 9.97 Å². The first-order chi connectivity index (χ1) is 8.13. The van der Waals surface area contributed by atoms with Crippen molar-refractivity contribution in [2.45, 2.75) is 13.8 Å². The van der Waals surface area contributed by atoms with Gasteiger partial charge in [-0.2, -0.15) is 0 Å². The summed E-state index contributed by atoms with van der Waals surface area (Å²) < 4.78 is 1.04. The third kappa shape index (κ3) is 2.31. The Morgan fingerprint density at radius 3 is 2.47 bits per heavy atom. The molecule has 1 N–H and O–H groups in total. The van der Waals surface area contributed by atoms with Crippen LogP contribution >= 0.6 is 15.9 Å². The van der Waals surface area contributed by atoms with Crippen LogP contribution in [0.2, 0.25) is 0 Å². The second-order valence-corrected chi connectivity index (χ2v) is 4.68. The van der Waals surface area contributed by atoms with E-state index in [2.05, 4.69) is 37.3 Å². The van der Waals surface area contributed by atoms with Crippen molar-refractivity contribution in [1.82, 2.24) is 9.97 Å². The van der Waals surface area contributed by atoms with Gasteiger partial charge in [0.2, 0.25) is 0 Å². The highest BCUT2D eigenvalue weighted by Crippen LogP contribution is 2.31. The minimum absolute atomic E-state index is 0.769. The van der Waals surface area contributed by atoms with Gasteiger partial charge in [0.25, 0.3) is 0 Å². The van der Waals surface area contributed by atoms with Gasteiger partial charge >= 0.3 is 0 Å². The van der Waals surface area contributed by atoms with Crippen LogP contribution in [-0.4, -0.2) is 17.0 Å². The van der Waals surface area contributed by atoms with Crippen molar-refractivity contribution in [3.8, 4) is 11.3 Å². The average molecular weight is 292 g/mol. The maximum Gasteiger partial charge on any atom is 0.132 e. The molecular formula is C13H14BrN3. The number of aromatic nitrogens is 2. The van der Waals surface area contributed by atoms with Crippen LogP contribution in [0.4, 0.5) is 5.82 Å². The van der Waals surface area contributed by atoms with E-state index in [1.54, 1.807) is 0 Å². The Morgan fingerprint density at radius 1 is 1.12 bits per heavy atom. The number of anilines is 1. The fourth-order valence-corrected chi connectivity index (χ4v) is 2.26. The Balaban J connectivity index is 2.67. The Morgan fingerprint density at radius 2 is 1.82 bits per heavy atom. The highest BCUT2D eigenvalue weighted by molar-refractivity contribution is 9.10. The summed E-state index contributed by atoms with van der Waals surface area (Å²) in [7, 11) is 1.87. The van der Waals surface area contributed by atoms with Gasteiger partial charge in [-0.3, -0.25) is 0 Å². The van der Waals surface area contributed by atoms with Crippen molar-refractivity contribution in [3.05, 3.63) is 40.1 Å². The second-order valence-electron chi connectivity index (χ2n) is 3.82. The molecule has 0 amide bonds. The monoisotopic (exact) mass is 291 g/mol. The minimum atomic E-state index is 0.769. The van der Waals surface area contributed by atoms with Gasteiger partial charge in [0.15, 0.2) is 0 Å². The number of hydrogen-bond acceptors (Lipinski definition) is 3. The highest BCUT2D eigenvalue weighted by atomic mass is 79.9. The standard InChI is InChI=1S/C13H14BrN3/c1-8-12(10-6-4-5-7-11(10)14)16-9(2)17-13(8)15-3/h4-7H,1-3H3,(H,15,16,17). The van der Waals surface area contributed by atoms with E-state index >= 15 is 0 Å². The molecule has 17 heavy (non-hydrogen) atoms. The van der Waals surface area contributed by atoms with E-state index in [1.807, 2.05) is 39.1 Å². The SMILES string of the molecule is CNc1nc(C)nc(-c2ccccc2Br)c1C. The van der Waals surface area contributed by atoms with Crippen molar-refractivity contribution in [1.29, 1.82) is 0 Å². The molecule has 0 saturated carbocycles. The van der Waals surface area contributed by atoms with Crippen LogP contribution in [0.1, 0.15) is 11.4 Å². The van der Waals surface area contributed by atoms with Gasteiger partial charge in [0, 0.05) is 22.6 Å². The molecule has 0 bridgehead atoms. The maximum absolute atomic E-state index is 4.53. The molecule has 0 aliphatic heterocycles. The highest BCUT2D eigenvalue weighted by Gasteiger charge is 2.11. The molecule has 88 valence electrons. The maximum atomic E-state index is 4.53. The van der Waals surface area contributed by atoms with E-state index < -0.39 is 0 Å². The van der Waals surface area contributed by atoms with E-state index in [1.165, 1.54) is 0 Å². The Kier molecular flexibility index (Phi) is 3.43. The fourth-order valence-electron chi connectivity index (χ4n) is 1.79. The van der Waals surface area contributed by atoms with Crippen LogP contribution in [0.5, 0.6) is 0 Å². The fraction of sp³-hybridized carbons (Fsp3) is 0.231. The van der Waals surface area contributed by atoms with Crippen molar-refractivity contribution < 1.29 is 0 Å². The third-order valence-corrected chi connectivity index (χ3v) is 3.31. The Labute approximate surface area is 109 Å². The number of nitrogens with zero attached hydrogens (tertiary/aromatic N) is 2. The van der Waals surface area contributed by atoms with Crippen LogP contribution in [0.25, 0.3) is 11.3 Å². The van der Waals surface area contributed by atoms with E-state index in [0.29, 0.717) is 0 Å². The zero-order valence-electron chi connectivity index (χ0n) is 10.1. The molecule has 1 heterocycles. The zero-order valence-corrected chi connectivity index (χ0v) is 11.7. The van der Waals surface area contributed by atoms with E-state index in [9.17, 15) is 0 Å². The topological polar surface area (TPSA) is 37.8 Å². The zero-order chi connectivity index (χ0) is 12.4. The molecule has 3 nitrogen and oxygen atoms in total. The van der Waals surface area contributed by atoms with Gasteiger partial charge in [-0.15, -0.1) is 0 Å². The molecule has 0 fully saturated rings. The molecule has 2 aromatic rings. The van der Waals surface area contributed by atoms with Gasteiger partial charge in [-0.1, -0.05) is 34.1 Å². The molecule has 0 aliphatic rings. The summed E-state index contributed by atoms with van der Waals surface area (Å²) in [5.74, 6) is 1.65. The third-order valence-electron chi connectivity index (χ3n) is 2.62. The molecule has 0 atom stereocenters. The number of hydrogen-bond donors (Lipinski definition) is 1. The number of benzene rings is 1. The van der Waals surface area contributed by atoms with Gasteiger partial charge in [-0.05, 0) is 19.9 Å². The Hall–Kier alpha value is -1.42. The van der Waals surface area contributed by atoms with Crippen molar-refractivity contribution in [2.75, 3.05) is 12.4 Å². The number of nitrogens with one attached hydrogen (secondary N) is 1. The summed E-state index contributed by atoms with van der Waals surface area (Å²) in [5.41, 5.74) is 3.12. The lowest BCUT2D eigenvalue weighted by Gasteiger charge is -2.11. The molecule has 1 aromatic heterocycles. The van der Waals surface area contributed by atoms with Crippen LogP contribution < -0.4 is 5.32 Å². The van der Waals surface area contributed by atoms with Crippen molar-refractivity contribution in [2.24, 2.45) is 0 Å². The van der Waals surface area contributed by atoms with Crippen LogP contribution in [0.3, 0.4) is 0 Å². The minimum Gasteiger partial charge on any atom is -0.373 e. The van der Waals surface area contributed by atoms with Crippen LogP contribution in [0.15, 0.2) is 28.7 Å². The summed E-state index contributed by atoms with van der Waals surface area (Å²) in [5, 5.41) is 3.10. The van der Waals surface area contributed by atoms with Gasteiger partial charge in [0.1, 0.15) is 11.6 Å². The molecule has 0 saturated heterocycles. The summed E-state index contributed by atoms with van der Waals surface area (Å²) in [4.78, 5) is 8.90. The van der Waals surface area contributed by atoms with Crippen LogP contribution in [-0.2, 0) is 0 Å². The van der Waals surface area contributed by atoms with E-state index in [-0.39, 0.29) is 0 Å². The lowest BCUT2D eigenvalue weighted by molar-refractivity contribution is 1.04. The number of rotatable bonds is 2. The predicted molar refractivity (Wildman–Crippen MR) is 74.2 cm³/mol. The number of aryl methyl sites for hydroxylation is 1. The lowest BCUT2D eigenvalue weighted by Crippen LogP contribution is -2.02. The number of halogens is 1.